The van der Waals surface area contributed by atoms with Gasteiger partial charge in [-0.05, 0) is 69.3 Å². The molecule has 0 N–H and O–H groups in total. The van der Waals surface area contributed by atoms with Crippen molar-refractivity contribution < 1.29 is 22.7 Å². The number of amides is 1. The molecule has 2 aromatic rings. The average Bonchev–Trinajstić information content (AvgIpc) is 3.01. The SMILES string of the molecule is CC(C)N(C(=O)[C@@H](C)Sc1nnnn1-c1ccc(OC(F)(F)F)cc1)C(C)C. The van der Waals surface area contributed by atoms with Crippen LogP contribution in [0.3, 0.4) is 0 Å². The minimum Gasteiger partial charge on any atom is -0.406 e. The molecule has 0 unspecified atom stereocenters. The molecule has 0 radical (unpaired) electrons. The smallest absolute Gasteiger partial charge is 0.406 e. The summed E-state index contributed by atoms with van der Waals surface area (Å²) in [6.45, 7) is 9.56. The van der Waals surface area contributed by atoms with Crippen LogP contribution in [0, 0.1) is 0 Å². The van der Waals surface area contributed by atoms with Crippen molar-refractivity contribution in [3.05, 3.63) is 24.3 Å². The monoisotopic (exact) mass is 417 g/mol. The fraction of sp³-hybridized carbons (Fsp3) is 0.529. The van der Waals surface area contributed by atoms with Gasteiger partial charge in [-0.25, -0.2) is 0 Å². The molecule has 1 amide bonds. The van der Waals surface area contributed by atoms with E-state index in [9.17, 15) is 18.0 Å². The van der Waals surface area contributed by atoms with E-state index >= 15 is 0 Å². The molecular weight excluding hydrogens is 395 g/mol. The summed E-state index contributed by atoms with van der Waals surface area (Å²) in [7, 11) is 0. The molecule has 0 bridgehead atoms. The van der Waals surface area contributed by atoms with Crippen LogP contribution in [0.15, 0.2) is 29.4 Å². The standard InChI is InChI=1S/C17H22F3N5O2S/c1-10(2)24(11(3)4)15(26)12(5)28-16-21-22-23-25(16)13-6-8-14(9-7-13)27-17(18,19)20/h6-12H,1-5H3/t12-/m1/s1. The summed E-state index contributed by atoms with van der Waals surface area (Å²) < 4.78 is 42.1. The Balaban J connectivity index is 2.16. The number of tetrazole rings is 1. The minimum atomic E-state index is -4.76. The fourth-order valence-electron chi connectivity index (χ4n) is 2.73. The molecule has 0 fully saturated rings. The number of rotatable bonds is 7. The number of ether oxygens (including phenoxy) is 1. The quantitative estimate of drug-likeness (QED) is 0.640. The van der Waals surface area contributed by atoms with Crippen molar-refractivity contribution in [1.29, 1.82) is 0 Å². The minimum absolute atomic E-state index is 0.0431. The maximum absolute atomic E-state index is 12.8. The summed E-state index contributed by atoms with van der Waals surface area (Å²) in [4.78, 5) is 14.6. The predicted molar refractivity (Wildman–Crippen MR) is 98.3 cm³/mol. The summed E-state index contributed by atoms with van der Waals surface area (Å²) in [6.07, 6.45) is -4.76. The Hall–Kier alpha value is -2.30. The van der Waals surface area contributed by atoms with Crippen LogP contribution in [0.1, 0.15) is 34.6 Å². The van der Waals surface area contributed by atoms with Crippen LogP contribution in [-0.4, -0.2) is 54.7 Å². The molecule has 1 heterocycles. The molecule has 1 aromatic heterocycles. The number of hydrogen-bond donors (Lipinski definition) is 0. The first kappa shape index (κ1) is 22.0. The number of thioether (sulfide) groups is 1. The molecule has 0 spiro atoms. The molecule has 11 heteroatoms. The number of benzene rings is 1. The molecule has 28 heavy (non-hydrogen) atoms. The number of carbonyl (C=O) groups is 1. The van der Waals surface area contributed by atoms with Gasteiger partial charge in [0.25, 0.3) is 0 Å². The van der Waals surface area contributed by atoms with Gasteiger partial charge in [-0.2, -0.15) is 4.68 Å². The van der Waals surface area contributed by atoms with E-state index in [1.807, 2.05) is 27.7 Å². The Morgan fingerprint density at radius 2 is 1.68 bits per heavy atom. The maximum Gasteiger partial charge on any atom is 0.573 e. The van der Waals surface area contributed by atoms with Gasteiger partial charge in [0.15, 0.2) is 0 Å². The van der Waals surface area contributed by atoms with E-state index in [4.69, 9.17) is 0 Å². The summed E-state index contributed by atoms with van der Waals surface area (Å²) in [5.74, 6) is -0.384. The van der Waals surface area contributed by atoms with Crippen LogP contribution < -0.4 is 4.74 Å². The lowest BCUT2D eigenvalue weighted by molar-refractivity contribution is -0.274. The number of nitrogens with zero attached hydrogens (tertiary/aromatic N) is 5. The van der Waals surface area contributed by atoms with Gasteiger partial charge in [0.05, 0.1) is 10.9 Å². The van der Waals surface area contributed by atoms with Crippen LogP contribution in [-0.2, 0) is 4.79 Å². The van der Waals surface area contributed by atoms with E-state index in [1.54, 1.807) is 11.8 Å². The fourth-order valence-corrected chi connectivity index (χ4v) is 3.59. The van der Waals surface area contributed by atoms with Crippen molar-refractivity contribution in [2.24, 2.45) is 0 Å². The lowest BCUT2D eigenvalue weighted by Crippen LogP contribution is -2.45. The number of halogens is 3. The van der Waals surface area contributed by atoms with Crippen LogP contribution in [0.2, 0.25) is 0 Å². The summed E-state index contributed by atoms with van der Waals surface area (Å²) >= 11 is 1.18. The Labute approximate surface area is 165 Å². The van der Waals surface area contributed by atoms with Crippen molar-refractivity contribution in [3.63, 3.8) is 0 Å². The zero-order valence-corrected chi connectivity index (χ0v) is 17.0. The molecule has 2 rings (SSSR count). The third-order valence-corrected chi connectivity index (χ3v) is 4.77. The first-order chi connectivity index (χ1) is 13.0. The highest BCUT2D eigenvalue weighted by Crippen LogP contribution is 2.27. The van der Waals surface area contributed by atoms with Gasteiger partial charge in [-0.15, -0.1) is 18.3 Å². The third-order valence-electron chi connectivity index (χ3n) is 3.75. The van der Waals surface area contributed by atoms with Crippen LogP contribution in [0.4, 0.5) is 13.2 Å². The van der Waals surface area contributed by atoms with Crippen LogP contribution >= 0.6 is 11.8 Å². The van der Waals surface area contributed by atoms with E-state index in [0.717, 1.165) is 0 Å². The molecule has 0 aliphatic carbocycles. The second kappa shape index (κ2) is 8.80. The van der Waals surface area contributed by atoms with Crippen molar-refractivity contribution in [2.75, 3.05) is 0 Å². The summed E-state index contributed by atoms with van der Waals surface area (Å²) in [5, 5.41) is 11.3. The highest BCUT2D eigenvalue weighted by atomic mass is 32.2. The molecule has 0 saturated carbocycles. The summed E-state index contributed by atoms with van der Waals surface area (Å²) in [6, 6.07) is 5.25. The van der Waals surface area contributed by atoms with Gasteiger partial charge >= 0.3 is 6.36 Å². The molecule has 1 aromatic carbocycles. The van der Waals surface area contributed by atoms with Gasteiger partial charge in [0.2, 0.25) is 11.1 Å². The Morgan fingerprint density at radius 3 is 2.18 bits per heavy atom. The van der Waals surface area contributed by atoms with Crippen molar-refractivity contribution in [2.45, 2.75) is 63.5 Å². The lowest BCUT2D eigenvalue weighted by Gasteiger charge is -2.32. The van der Waals surface area contributed by atoms with E-state index < -0.39 is 11.6 Å². The zero-order valence-electron chi connectivity index (χ0n) is 16.1. The third kappa shape index (κ3) is 5.60. The van der Waals surface area contributed by atoms with E-state index in [1.165, 1.54) is 40.7 Å². The molecule has 0 saturated heterocycles. The number of hydrogen-bond acceptors (Lipinski definition) is 6. The Bertz CT molecular complexity index is 785. The molecule has 1 atom stereocenters. The van der Waals surface area contributed by atoms with Gasteiger partial charge in [-0.3, -0.25) is 4.79 Å². The molecule has 0 aliphatic rings. The van der Waals surface area contributed by atoms with Crippen molar-refractivity contribution in [1.82, 2.24) is 25.1 Å². The first-order valence-electron chi connectivity index (χ1n) is 8.63. The largest absolute Gasteiger partial charge is 0.573 e. The normalized spacial score (nSPS) is 13.1. The second-order valence-electron chi connectivity index (χ2n) is 6.61. The Kier molecular flexibility index (Phi) is 6.91. The molecule has 7 nitrogen and oxygen atoms in total. The highest BCUT2D eigenvalue weighted by molar-refractivity contribution is 8.00. The molecule has 154 valence electrons. The molecular formula is C17H22F3N5O2S. The number of carbonyl (C=O) groups excluding carboxylic acids is 1. The first-order valence-corrected chi connectivity index (χ1v) is 9.51. The van der Waals surface area contributed by atoms with Crippen LogP contribution in [0.5, 0.6) is 5.75 Å². The van der Waals surface area contributed by atoms with Crippen LogP contribution in [0.25, 0.3) is 5.69 Å². The van der Waals surface area contributed by atoms with Gasteiger partial charge in [-0.1, -0.05) is 11.8 Å². The topological polar surface area (TPSA) is 73.1 Å². The average molecular weight is 417 g/mol. The van der Waals surface area contributed by atoms with Gasteiger partial charge < -0.3 is 9.64 Å². The molecule has 0 aliphatic heterocycles. The highest BCUT2D eigenvalue weighted by Gasteiger charge is 2.31. The van der Waals surface area contributed by atoms with Crippen molar-refractivity contribution in [3.8, 4) is 11.4 Å². The van der Waals surface area contributed by atoms with E-state index in [2.05, 4.69) is 20.3 Å². The predicted octanol–water partition coefficient (Wildman–Crippen LogP) is 3.69. The summed E-state index contributed by atoms with van der Waals surface area (Å²) in [5.41, 5.74) is 0.450. The van der Waals surface area contributed by atoms with Gasteiger partial charge in [0.1, 0.15) is 5.75 Å². The number of aromatic nitrogens is 4. The van der Waals surface area contributed by atoms with Crippen molar-refractivity contribution >= 4 is 17.7 Å². The number of alkyl halides is 3. The second-order valence-corrected chi connectivity index (χ2v) is 7.92. The lowest BCUT2D eigenvalue weighted by atomic mass is 10.2. The van der Waals surface area contributed by atoms with E-state index in [0.29, 0.717) is 10.8 Å². The Morgan fingerprint density at radius 1 is 1.11 bits per heavy atom. The zero-order chi connectivity index (χ0) is 21.1. The maximum atomic E-state index is 12.8. The van der Waals surface area contributed by atoms with E-state index in [-0.39, 0.29) is 23.7 Å². The van der Waals surface area contributed by atoms with Gasteiger partial charge in [0, 0.05) is 12.1 Å².